The molecule has 1 aliphatic carbocycles. The molecular weight excluding hydrogens is 490 g/mol. The number of pyridine rings is 1. The number of nitrogen functional groups attached to an aromatic ring is 1. The lowest BCUT2D eigenvalue weighted by molar-refractivity contribution is 0.264. The average molecular weight is 523 g/mol. The molecule has 1 aromatic carbocycles. The molecule has 2 N–H and O–H groups in total. The minimum atomic E-state index is -1.11. The third-order valence-electron chi connectivity index (χ3n) is 7.04. The molecule has 0 unspecified atom stereocenters. The highest BCUT2D eigenvalue weighted by molar-refractivity contribution is 5.76. The van der Waals surface area contributed by atoms with Gasteiger partial charge in [-0.05, 0) is 53.3 Å². The summed E-state index contributed by atoms with van der Waals surface area (Å²) < 4.78 is 38.7. The molecule has 0 radical (unpaired) electrons. The predicted octanol–water partition coefficient (Wildman–Crippen LogP) is 5.45. The summed E-state index contributed by atoms with van der Waals surface area (Å²) >= 11 is 0. The van der Waals surface area contributed by atoms with Crippen LogP contribution in [0.2, 0.25) is 0 Å². The number of hydrogen-bond donors (Lipinski definition) is 1. The molecule has 0 atom stereocenters. The summed E-state index contributed by atoms with van der Waals surface area (Å²) in [7, 11) is 0. The van der Waals surface area contributed by atoms with Crippen LogP contribution >= 0.6 is 0 Å². The number of aromatic nitrogens is 7. The minimum Gasteiger partial charge on any atom is -0.490 e. The van der Waals surface area contributed by atoms with Crippen LogP contribution in [0.3, 0.4) is 0 Å². The first-order valence-corrected chi connectivity index (χ1v) is 13.1. The van der Waals surface area contributed by atoms with E-state index in [1.165, 1.54) is 37.8 Å². The molecule has 0 aliphatic heterocycles. The molecule has 1 aliphatic rings. The van der Waals surface area contributed by atoms with Crippen LogP contribution in [0.15, 0.2) is 36.8 Å². The molecule has 3 aromatic heterocycles. The van der Waals surface area contributed by atoms with E-state index in [1.807, 2.05) is 10.9 Å². The van der Waals surface area contributed by atoms with Crippen molar-refractivity contribution in [1.29, 1.82) is 0 Å². The van der Waals surface area contributed by atoms with Gasteiger partial charge >= 0.3 is 0 Å². The Labute approximate surface area is 220 Å². The number of hydrogen-bond acceptors (Lipinski definition) is 7. The first kappa shape index (κ1) is 25.7. The highest BCUT2D eigenvalue weighted by Gasteiger charge is 2.23. The minimum absolute atomic E-state index is 0.128. The lowest BCUT2D eigenvalue weighted by Crippen LogP contribution is -2.09. The summed E-state index contributed by atoms with van der Waals surface area (Å²) in [5, 5.41) is 16.1. The van der Waals surface area contributed by atoms with Crippen LogP contribution in [0.25, 0.3) is 28.2 Å². The van der Waals surface area contributed by atoms with E-state index in [0.29, 0.717) is 24.0 Å². The van der Waals surface area contributed by atoms with E-state index >= 15 is 4.39 Å². The molecule has 9 nitrogen and oxygen atoms in total. The molecule has 11 heteroatoms. The van der Waals surface area contributed by atoms with Gasteiger partial charge in [0.25, 0.3) is 0 Å². The molecule has 3 heterocycles. The van der Waals surface area contributed by atoms with Gasteiger partial charge < -0.3 is 10.5 Å². The van der Waals surface area contributed by atoms with Crippen LogP contribution in [-0.4, -0.2) is 41.6 Å². The van der Waals surface area contributed by atoms with Crippen LogP contribution < -0.4 is 10.5 Å². The largest absolute Gasteiger partial charge is 0.490 e. The molecular formula is C27H32F2N8O. The van der Waals surface area contributed by atoms with Gasteiger partial charge in [0, 0.05) is 30.1 Å². The first-order valence-electron chi connectivity index (χ1n) is 13.1. The van der Waals surface area contributed by atoms with Crippen LogP contribution in [-0.2, 0) is 6.54 Å². The zero-order valence-corrected chi connectivity index (χ0v) is 21.6. The Morgan fingerprint density at radius 1 is 1.11 bits per heavy atom. The third kappa shape index (κ3) is 5.51. The van der Waals surface area contributed by atoms with Crippen molar-refractivity contribution in [3.05, 3.63) is 48.4 Å². The molecule has 38 heavy (non-hydrogen) atoms. The van der Waals surface area contributed by atoms with Crippen molar-refractivity contribution in [2.45, 2.75) is 58.9 Å². The molecule has 5 rings (SSSR count). The summed E-state index contributed by atoms with van der Waals surface area (Å²) in [4.78, 5) is 4.29. The molecule has 1 fully saturated rings. The smallest absolute Gasteiger partial charge is 0.202 e. The van der Waals surface area contributed by atoms with Gasteiger partial charge in [0.15, 0.2) is 17.4 Å². The maximum Gasteiger partial charge on any atom is 0.202 e. The number of tetrazole rings is 1. The topological polar surface area (TPSA) is 110 Å². The van der Waals surface area contributed by atoms with E-state index in [-0.39, 0.29) is 23.1 Å². The Hall–Kier alpha value is -3.89. The third-order valence-corrected chi connectivity index (χ3v) is 7.04. The van der Waals surface area contributed by atoms with Crippen molar-refractivity contribution < 1.29 is 13.5 Å². The van der Waals surface area contributed by atoms with Gasteiger partial charge in [-0.3, -0.25) is 4.68 Å². The van der Waals surface area contributed by atoms with Crippen LogP contribution in [0.1, 0.15) is 52.4 Å². The maximum atomic E-state index is 15.2. The quantitative estimate of drug-likeness (QED) is 0.295. The molecule has 200 valence electrons. The Morgan fingerprint density at radius 2 is 1.92 bits per heavy atom. The number of rotatable bonds is 10. The summed E-state index contributed by atoms with van der Waals surface area (Å²) in [6.45, 7) is 5.48. The number of nitrogens with zero attached hydrogens (tertiary/aromatic N) is 7. The van der Waals surface area contributed by atoms with Crippen LogP contribution in [0.4, 0.5) is 14.6 Å². The summed E-state index contributed by atoms with van der Waals surface area (Å²) in [6.07, 6.45) is 11.9. The van der Waals surface area contributed by atoms with E-state index < -0.39 is 11.6 Å². The summed E-state index contributed by atoms with van der Waals surface area (Å²) in [6, 6.07) is 4.57. The van der Waals surface area contributed by atoms with E-state index in [9.17, 15) is 4.39 Å². The van der Waals surface area contributed by atoms with E-state index in [4.69, 9.17) is 10.5 Å². The number of anilines is 1. The van der Waals surface area contributed by atoms with Crippen molar-refractivity contribution in [2.75, 3.05) is 12.3 Å². The zero-order valence-electron chi connectivity index (χ0n) is 21.6. The average Bonchev–Trinajstić information content (AvgIpc) is 3.68. The second kappa shape index (κ2) is 11.2. The van der Waals surface area contributed by atoms with Gasteiger partial charge in [0.2, 0.25) is 5.82 Å². The van der Waals surface area contributed by atoms with E-state index in [1.54, 1.807) is 18.5 Å². The zero-order chi connectivity index (χ0) is 26.6. The fraction of sp³-hybridized carbons (Fsp3) is 0.444. The van der Waals surface area contributed by atoms with Gasteiger partial charge in [0.05, 0.1) is 18.4 Å². The fourth-order valence-corrected chi connectivity index (χ4v) is 4.79. The number of nitrogens with two attached hydrogens (primary N) is 1. The second-order valence-corrected chi connectivity index (χ2v) is 10.2. The number of ether oxygens (including phenoxy) is 1. The predicted molar refractivity (Wildman–Crippen MR) is 139 cm³/mol. The van der Waals surface area contributed by atoms with Gasteiger partial charge in [-0.2, -0.15) is 14.2 Å². The van der Waals surface area contributed by atoms with Crippen LogP contribution in [0.5, 0.6) is 5.75 Å². The Kier molecular flexibility index (Phi) is 7.62. The Morgan fingerprint density at radius 3 is 2.71 bits per heavy atom. The highest BCUT2D eigenvalue weighted by atomic mass is 19.2. The van der Waals surface area contributed by atoms with Crippen molar-refractivity contribution in [1.82, 2.24) is 35.0 Å². The molecule has 1 saturated carbocycles. The van der Waals surface area contributed by atoms with Gasteiger partial charge in [-0.1, -0.05) is 39.5 Å². The fourth-order valence-electron chi connectivity index (χ4n) is 4.79. The second-order valence-electron chi connectivity index (χ2n) is 10.2. The van der Waals surface area contributed by atoms with Gasteiger partial charge in [-0.25, -0.2) is 9.37 Å². The molecule has 0 spiro atoms. The Balaban J connectivity index is 1.39. The van der Waals surface area contributed by atoms with Crippen molar-refractivity contribution in [2.24, 2.45) is 11.8 Å². The molecule has 0 saturated heterocycles. The first-order chi connectivity index (χ1) is 18.4. The van der Waals surface area contributed by atoms with Crippen molar-refractivity contribution in [3.63, 3.8) is 0 Å². The summed E-state index contributed by atoms with van der Waals surface area (Å²) in [5.74, 6) is -0.863. The summed E-state index contributed by atoms with van der Waals surface area (Å²) in [5.41, 5.74) is 7.99. The standard InChI is InChI=1S/C27H32F2N8O/c1-17(2)9-11-36-16-20(15-32-36)19-13-21(26(30)31-14-19)27-33-34-35-37(27)22-7-8-23(25(29)24(22)28)38-12-10-18-5-3-4-6-18/h7-8,13-18H,3-6,9-12H2,1-2H3,(H2,30,31). The number of benzene rings is 1. The van der Waals surface area contributed by atoms with Crippen molar-refractivity contribution >= 4 is 5.82 Å². The maximum absolute atomic E-state index is 15.2. The van der Waals surface area contributed by atoms with Gasteiger partial charge in [-0.15, -0.1) is 5.10 Å². The van der Waals surface area contributed by atoms with E-state index in [0.717, 1.165) is 35.2 Å². The van der Waals surface area contributed by atoms with Crippen LogP contribution in [0, 0.1) is 23.5 Å². The number of halogens is 2. The van der Waals surface area contributed by atoms with E-state index in [2.05, 4.69) is 39.5 Å². The lowest BCUT2D eigenvalue weighted by atomic mass is 10.1. The number of aryl methyl sites for hydroxylation is 1. The van der Waals surface area contributed by atoms with Gasteiger partial charge in [0.1, 0.15) is 11.5 Å². The monoisotopic (exact) mass is 522 g/mol. The normalized spacial score (nSPS) is 14.0. The Bertz CT molecular complexity index is 1390. The molecule has 4 aromatic rings. The lowest BCUT2D eigenvalue weighted by Gasteiger charge is -2.13. The van der Waals surface area contributed by atoms with Crippen molar-refractivity contribution in [3.8, 4) is 34.0 Å². The molecule has 0 bridgehead atoms. The SMILES string of the molecule is CC(C)CCn1cc(-c2cnc(N)c(-c3nnnn3-c3ccc(OCCC4CCCC4)c(F)c3F)c2)cn1. The highest BCUT2D eigenvalue weighted by Crippen LogP contribution is 2.32. The molecule has 0 amide bonds.